The average molecular weight is 345 g/mol. The lowest BCUT2D eigenvalue weighted by atomic mass is 10.1. The van der Waals surface area contributed by atoms with Crippen LogP contribution in [0.3, 0.4) is 0 Å². The number of carbonyl (C=O) groups is 2. The zero-order chi connectivity index (χ0) is 18.3. The molecule has 0 aliphatic heterocycles. The number of amides is 3. The summed E-state index contributed by atoms with van der Waals surface area (Å²) in [6.45, 7) is 5.40. The zero-order valence-corrected chi connectivity index (χ0v) is 13.8. The number of urea groups is 1. The van der Waals surface area contributed by atoms with Gasteiger partial charge < -0.3 is 16.0 Å². The van der Waals surface area contributed by atoms with E-state index in [1.54, 1.807) is 6.92 Å². The number of carbonyl (C=O) groups excluding carboxylic acids is 2. The lowest BCUT2D eigenvalue weighted by Crippen LogP contribution is -2.49. The van der Waals surface area contributed by atoms with Gasteiger partial charge in [-0.25, -0.2) is 4.79 Å². The molecule has 0 saturated carbocycles. The molecule has 0 heterocycles. The van der Waals surface area contributed by atoms with Crippen molar-refractivity contribution < 1.29 is 22.8 Å². The summed E-state index contributed by atoms with van der Waals surface area (Å²) >= 11 is 0. The lowest BCUT2D eigenvalue weighted by molar-refractivity contribution is -0.137. The van der Waals surface area contributed by atoms with Crippen molar-refractivity contribution in [3.8, 4) is 0 Å². The van der Waals surface area contributed by atoms with Crippen molar-refractivity contribution in [2.75, 3.05) is 0 Å². The largest absolute Gasteiger partial charge is 0.416 e. The maximum atomic E-state index is 12.5. The van der Waals surface area contributed by atoms with E-state index in [1.165, 1.54) is 12.1 Å². The van der Waals surface area contributed by atoms with Gasteiger partial charge in [-0.05, 0) is 38.0 Å². The van der Waals surface area contributed by atoms with E-state index < -0.39 is 23.8 Å². The summed E-state index contributed by atoms with van der Waals surface area (Å²) in [5.41, 5.74) is -0.221. The monoisotopic (exact) mass is 345 g/mol. The topological polar surface area (TPSA) is 70.2 Å². The van der Waals surface area contributed by atoms with Gasteiger partial charge in [0.15, 0.2) is 0 Å². The van der Waals surface area contributed by atoms with E-state index >= 15 is 0 Å². The van der Waals surface area contributed by atoms with Crippen LogP contribution in [0.4, 0.5) is 18.0 Å². The molecule has 0 saturated heterocycles. The minimum atomic E-state index is -4.39. The van der Waals surface area contributed by atoms with Gasteiger partial charge in [0.1, 0.15) is 6.04 Å². The molecule has 5 nitrogen and oxygen atoms in total. The third-order valence-corrected chi connectivity index (χ3v) is 3.48. The Labute approximate surface area is 139 Å². The minimum absolute atomic E-state index is 0.0111. The van der Waals surface area contributed by atoms with Gasteiger partial charge >= 0.3 is 12.2 Å². The van der Waals surface area contributed by atoms with Crippen molar-refractivity contribution in [2.24, 2.45) is 0 Å². The molecule has 134 valence electrons. The second-order valence-electron chi connectivity index (χ2n) is 5.56. The number of rotatable bonds is 6. The van der Waals surface area contributed by atoms with Gasteiger partial charge in [-0.15, -0.1) is 0 Å². The summed E-state index contributed by atoms with van der Waals surface area (Å²) in [6.07, 6.45) is -3.61. The molecular formula is C16H22F3N3O2. The maximum absolute atomic E-state index is 12.5. The first kappa shape index (κ1) is 19.8. The molecule has 0 fully saturated rings. The number of nitrogens with one attached hydrogen (secondary N) is 3. The molecule has 8 heteroatoms. The Bertz CT molecular complexity index is 559. The molecule has 0 unspecified atom stereocenters. The van der Waals surface area contributed by atoms with E-state index in [-0.39, 0.29) is 18.5 Å². The van der Waals surface area contributed by atoms with E-state index in [0.717, 1.165) is 18.6 Å². The van der Waals surface area contributed by atoms with Gasteiger partial charge in [-0.1, -0.05) is 19.1 Å². The van der Waals surface area contributed by atoms with Gasteiger partial charge in [0.25, 0.3) is 0 Å². The zero-order valence-electron chi connectivity index (χ0n) is 13.8. The fourth-order valence-electron chi connectivity index (χ4n) is 1.78. The summed E-state index contributed by atoms with van der Waals surface area (Å²) in [5, 5.41) is 7.71. The number of alkyl halides is 3. The van der Waals surface area contributed by atoms with Gasteiger partial charge in [-0.2, -0.15) is 13.2 Å². The molecule has 0 bridgehead atoms. The Balaban J connectivity index is 2.44. The Morgan fingerprint density at radius 2 is 1.67 bits per heavy atom. The van der Waals surface area contributed by atoms with E-state index in [2.05, 4.69) is 16.0 Å². The van der Waals surface area contributed by atoms with Crippen LogP contribution in [-0.2, 0) is 17.5 Å². The number of halogens is 3. The van der Waals surface area contributed by atoms with Crippen LogP contribution in [0.15, 0.2) is 24.3 Å². The smallest absolute Gasteiger partial charge is 0.352 e. The molecule has 3 amide bonds. The Hall–Kier alpha value is -2.25. The molecule has 0 aliphatic rings. The van der Waals surface area contributed by atoms with Crippen molar-refractivity contribution in [3.05, 3.63) is 35.4 Å². The third-order valence-electron chi connectivity index (χ3n) is 3.48. The predicted octanol–water partition coefficient (Wildman–Crippen LogP) is 2.81. The van der Waals surface area contributed by atoms with Crippen LogP contribution >= 0.6 is 0 Å². The molecule has 0 spiro atoms. The van der Waals surface area contributed by atoms with Gasteiger partial charge in [0.05, 0.1) is 5.56 Å². The van der Waals surface area contributed by atoms with Crippen LogP contribution in [0.25, 0.3) is 0 Å². The maximum Gasteiger partial charge on any atom is 0.416 e. The van der Waals surface area contributed by atoms with E-state index in [0.29, 0.717) is 5.56 Å². The second kappa shape index (κ2) is 8.56. The first-order valence-corrected chi connectivity index (χ1v) is 7.64. The molecule has 3 N–H and O–H groups in total. The Morgan fingerprint density at radius 1 is 1.08 bits per heavy atom. The average Bonchev–Trinajstić information content (AvgIpc) is 2.52. The van der Waals surface area contributed by atoms with Crippen LogP contribution in [0, 0.1) is 0 Å². The highest BCUT2D eigenvalue weighted by molar-refractivity contribution is 5.86. The standard InChI is InChI=1S/C16H22F3N3O2/c1-4-10(2)21-14(23)11(3)22-15(24)20-9-12-5-7-13(8-6-12)16(17,18)19/h5-8,10-11H,4,9H2,1-3H3,(H,21,23)(H2,20,22,24)/t10-,11-/m0/s1. The van der Waals surface area contributed by atoms with Crippen LogP contribution < -0.4 is 16.0 Å². The normalized spacial score (nSPS) is 13.8. The van der Waals surface area contributed by atoms with Gasteiger partial charge in [0.2, 0.25) is 5.91 Å². The minimum Gasteiger partial charge on any atom is -0.352 e. The summed E-state index contributed by atoms with van der Waals surface area (Å²) < 4.78 is 37.4. The SMILES string of the molecule is CC[C@H](C)NC(=O)[C@H](C)NC(=O)NCc1ccc(C(F)(F)F)cc1. The van der Waals surface area contributed by atoms with Crippen LogP contribution in [0.5, 0.6) is 0 Å². The summed E-state index contributed by atoms with van der Waals surface area (Å²) in [7, 11) is 0. The summed E-state index contributed by atoms with van der Waals surface area (Å²) in [5.74, 6) is -0.297. The molecule has 0 aromatic heterocycles. The first-order valence-electron chi connectivity index (χ1n) is 7.64. The molecule has 0 radical (unpaired) electrons. The Morgan fingerprint density at radius 3 is 2.17 bits per heavy atom. The summed E-state index contributed by atoms with van der Waals surface area (Å²) in [4.78, 5) is 23.5. The van der Waals surface area contributed by atoms with Crippen LogP contribution in [0.2, 0.25) is 0 Å². The number of hydrogen-bond acceptors (Lipinski definition) is 2. The molecular weight excluding hydrogens is 323 g/mol. The summed E-state index contributed by atoms with van der Waals surface area (Å²) in [6, 6.07) is 3.23. The predicted molar refractivity (Wildman–Crippen MR) is 84.2 cm³/mol. The molecule has 1 aromatic carbocycles. The quantitative estimate of drug-likeness (QED) is 0.742. The van der Waals surface area contributed by atoms with Crippen molar-refractivity contribution in [1.82, 2.24) is 16.0 Å². The highest BCUT2D eigenvalue weighted by Crippen LogP contribution is 2.28. The van der Waals surface area contributed by atoms with E-state index in [1.807, 2.05) is 13.8 Å². The number of hydrogen-bond donors (Lipinski definition) is 3. The second-order valence-corrected chi connectivity index (χ2v) is 5.56. The van der Waals surface area contributed by atoms with Crippen molar-refractivity contribution in [2.45, 2.75) is 52.0 Å². The van der Waals surface area contributed by atoms with Crippen LogP contribution in [0.1, 0.15) is 38.3 Å². The van der Waals surface area contributed by atoms with Crippen molar-refractivity contribution in [1.29, 1.82) is 0 Å². The van der Waals surface area contributed by atoms with Crippen molar-refractivity contribution in [3.63, 3.8) is 0 Å². The molecule has 0 aliphatic carbocycles. The Kier molecular flexibility index (Phi) is 7.06. The molecule has 2 atom stereocenters. The van der Waals surface area contributed by atoms with Gasteiger partial charge in [-0.3, -0.25) is 4.79 Å². The van der Waals surface area contributed by atoms with Crippen LogP contribution in [-0.4, -0.2) is 24.0 Å². The third kappa shape index (κ3) is 6.47. The fraction of sp³-hybridized carbons (Fsp3) is 0.500. The highest BCUT2D eigenvalue weighted by atomic mass is 19.4. The van der Waals surface area contributed by atoms with Gasteiger partial charge in [0, 0.05) is 12.6 Å². The first-order chi connectivity index (χ1) is 11.1. The number of benzene rings is 1. The van der Waals surface area contributed by atoms with E-state index in [4.69, 9.17) is 0 Å². The molecule has 24 heavy (non-hydrogen) atoms. The lowest BCUT2D eigenvalue weighted by Gasteiger charge is -2.17. The van der Waals surface area contributed by atoms with E-state index in [9.17, 15) is 22.8 Å². The fourth-order valence-corrected chi connectivity index (χ4v) is 1.78. The highest BCUT2D eigenvalue weighted by Gasteiger charge is 2.29. The molecule has 1 aromatic rings. The molecule has 1 rings (SSSR count). The van der Waals surface area contributed by atoms with Crippen molar-refractivity contribution >= 4 is 11.9 Å².